The van der Waals surface area contributed by atoms with Gasteiger partial charge in [0.15, 0.2) is 0 Å². The molecule has 1 rings (SSSR count). The number of alkyl halides is 2. The van der Waals surface area contributed by atoms with Gasteiger partial charge in [-0.25, -0.2) is 0 Å². The lowest BCUT2D eigenvalue weighted by Gasteiger charge is -2.13. The van der Waals surface area contributed by atoms with E-state index in [0.29, 0.717) is 12.0 Å². The van der Waals surface area contributed by atoms with E-state index in [9.17, 15) is 0 Å². The molecule has 0 radical (unpaired) electrons. The Morgan fingerprint density at radius 1 is 1.58 bits per heavy atom. The Morgan fingerprint density at radius 3 is 2.58 bits per heavy atom. The number of hydrogen-bond acceptors (Lipinski definition) is 1. The monoisotopic (exact) mass is 209 g/mol. The highest BCUT2D eigenvalue weighted by Crippen LogP contribution is 2.54. The molecule has 0 heterocycles. The van der Waals surface area contributed by atoms with Crippen molar-refractivity contribution in [3.8, 4) is 0 Å². The van der Waals surface area contributed by atoms with Crippen LogP contribution >= 0.6 is 23.2 Å². The number of halogens is 2. The van der Waals surface area contributed by atoms with Crippen molar-refractivity contribution in [2.75, 3.05) is 6.54 Å². The molecule has 0 aliphatic heterocycles. The van der Waals surface area contributed by atoms with Crippen LogP contribution in [0.3, 0.4) is 0 Å². The molecular weight excluding hydrogens is 193 g/mol. The molecule has 2 atom stereocenters. The van der Waals surface area contributed by atoms with Gasteiger partial charge in [0, 0.05) is 12.0 Å². The molecule has 0 aromatic heterocycles. The van der Waals surface area contributed by atoms with E-state index in [-0.39, 0.29) is 0 Å². The van der Waals surface area contributed by atoms with Crippen LogP contribution in [0.2, 0.25) is 0 Å². The predicted octanol–water partition coefficient (Wildman–Crippen LogP) is 2.96. The number of hydrogen-bond donors (Lipinski definition) is 1. The SMILES string of the molecule is CCCCN[C@H](C)[C@@H]1CC1(Cl)Cl. The fourth-order valence-electron chi connectivity index (χ4n) is 1.43. The first kappa shape index (κ1) is 10.6. The zero-order valence-corrected chi connectivity index (χ0v) is 9.25. The minimum absolute atomic E-state index is 0.432. The summed E-state index contributed by atoms with van der Waals surface area (Å²) in [5.41, 5.74) is 0. The van der Waals surface area contributed by atoms with Gasteiger partial charge >= 0.3 is 0 Å². The molecule has 0 unspecified atom stereocenters. The number of rotatable bonds is 5. The number of nitrogens with one attached hydrogen (secondary N) is 1. The molecule has 1 aliphatic rings. The van der Waals surface area contributed by atoms with Crippen molar-refractivity contribution in [3.05, 3.63) is 0 Å². The van der Waals surface area contributed by atoms with Gasteiger partial charge in [-0.3, -0.25) is 0 Å². The molecule has 72 valence electrons. The molecule has 1 saturated carbocycles. The van der Waals surface area contributed by atoms with Crippen LogP contribution in [0.5, 0.6) is 0 Å². The minimum atomic E-state index is -0.432. The standard InChI is InChI=1S/C9H17Cl2N/c1-3-4-5-12-7(2)8-6-9(8,10)11/h7-8,12H,3-6H2,1-2H3/t7-,8+/m1/s1. The first-order chi connectivity index (χ1) is 5.58. The van der Waals surface area contributed by atoms with Crippen molar-refractivity contribution < 1.29 is 0 Å². The molecule has 0 aromatic carbocycles. The van der Waals surface area contributed by atoms with Gasteiger partial charge in [-0.1, -0.05) is 13.3 Å². The molecule has 12 heavy (non-hydrogen) atoms. The van der Waals surface area contributed by atoms with E-state index >= 15 is 0 Å². The summed E-state index contributed by atoms with van der Waals surface area (Å²) in [5.74, 6) is 0.456. The Morgan fingerprint density at radius 2 is 2.17 bits per heavy atom. The molecule has 0 spiro atoms. The van der Waals surface area contributed by atoms with Crippen molar-refractivity contribution in [3.63, 3.8) is 0 Å². The highest BCUT2D eigenvalue weighted by Gasteiger charge is 2.54. The van der Waals surface area contributed by atoms with Crippen LogP contribution in [0.15, 0.2) is 0 Å². The summed E-state index contributed by atoms with van der Waals surface area (Å²) in [6.45, 7) is 5.43. The normalized spacial score (nSPS) is 28.5. The average molecular weight is 210 g/mol. The third-order valence-electron chi connectivity index (χ3n) is 2.47. The fourth-order valence-corrected chi connectivity index (χ4v) is 2.14. The van der Waals surface area contributed by atoms with E-state index in [1.807, 2.05) is 0 Å². The zero-order chi connectivity index (χ0) is 9.19. The van der Waals surface area contributed by atoms with Crippen LogP contribution in [-0.2, 0) is 0 Å². The molecule has 0 bridgehead atoms. The summed E-state index contributed by atoms with van der Waals surface area (Å²) in [5, 5.41) is 3.43. The fraction of sp³-hybridized carbons (Fsp3) is 1.00. The lowest BCUT2D eigenvalue weighted by atomic mass is 10.2. The average Bonchev–Trinajstić information content (AvgIpc) is 2.60. The van der Waals surface area contributed by atoms with Crippen LogP contribution in [0, 0.1) is 5.92 Å². The van der Waals surface area contributed by atoms with E-state index < -0.39 is 4.33 Å². The quantitative estimate of drug-likeness (QED) is 0.543. The summed E-state index contributed by atoms with van der Waals surface area (Å²) < 4.78 is -0.432. The summed E-state index contributed by atoms with van der Waals surface area (Å²) in [6, 6.07) is 0.464. The third-order valence-corrected chi connectivity index (χ3v) is 3.34. The predicted molar refractivity (Wildman–Crippen MR) is 54.9 cm³/mol. The van der Waals surface area contributed by atoms with Crippen LogP contribution < -0.4 is 5.32 Å². The Hall–Kier alpha value is 0.540. The van der Waals surface area contributed by atoms with E-state index in [2.05, 4.69) is 19.2 Å². The lowest BCUT2D eigenvalue weighted by molar-refractivity contribution is 0.485. The zero-order valence-electron chi connectivity index (χ0n) is 7.74. The Kier molecular flexibility index (Phi) is 3.69. The second-order valence-electron chi connectivity index (χ2n) is 3.67. The molecule has 0 amide bonds. The second kappa shape index (κ2) is 4.17. The Labute approximate surface area is 84.8 Å². The van der Waals surface area contributed by atoms with E-state index in [1.165, 1.54) is 12.8 Å². The van der Waals surface area contributed by atoms with Crippen molar-refractivity contribution in [2.45, 2.75) is 43.5 Å². The Balaban J connectivity index is 2.09. The molecular formula is C9H17Cl2N. The van der Waals surface area contributed by atoms with Crippen molar-refractivity contribution in [2.24, 2.45) is 5.92 Å². The van der Waals surface area contributed by atoms with E-state index in [4.69, 9.17) is 23.2 Å². The first-order valence-electron chi connectivity index (χ1n) is 4.69. The minimum Gasteiger partial charge on any atom is -0.314 e. The molecule has 0 aromatic rings. The molecule has 0 saturated heterocycles. The highest BCUT2D eigenvalue weighted by atomic mass is 35.5. The molecule has 1 fully saturated rings. The summed E-state index contributed by atoms with van der Waals surface area (Å²) >= 11 is 11.9. The van der Waals surface area contributed by atoms with Gasteiger partial charge in [0.25, 0.3) is 0 Å². The molecule has 3 heteroatoms. The summed E-state index contributed by atoms with van der Waals surface area (Å²) in [4.78, 5) is 0. The van der Waals surface area contributed by atoms with Gasteiger partial charge in [0.05, 0.1) is 0 Å². The van der Waals surface area contributed by atoms with Gasteiger partial charge < -0.3 is 5.32 Å². The van der Waals surface area contributed by atoms with Gasteiger partial charge in [0.1, 0.15) is 4.33 Å². The largest absolute Gasteiger partial charge is 0.314 e. The van der Waals surface area contributed by atoms with Crippen LogP contribution in [0.25, 0.3) is 0 Å². The summed E-state index contributed by atoms with van der Waals surface area (Å²) in [6.07, 6.45) is 3.41. The Bertz CT molecular complexity index is 147. The summed E-state index contributed by atoms with van der Waals surface area (Å²) in [7, 11) is 0. The lowest BCUT2D eigenvalue weighted by Crippen LogP contribution is -2.30. The van der Waals surface area contributed by atoms with Crippen molar-refractivity contribution in [1.29, 1.82) is 0 Å². The van der Waals surface area contributed by atoms with Gasteiger partial charge in [-0.05, 0) is 26.3 Å². The smallest absolute Gasteiger partial charge is 0.123 e. The van der Waals surface area contributed by atoms with Gasteiger partial charge in [0.2, 0.25) is 0 Å². The molecule has 1 N–H and O–H groups in total. The molecule has 1 nitrogen and oxygen atoms in total. The third kappa shape index (κ3) is 2.79. The number of unbranched alkanes of at least 4 members (excludes halogenated alkanes) is 1. The maximum absolute atomic E-state index is 5.94. The van der Waals surface area contributed by atoms with Crippen LogP contribution in [0.1, 0.15) is 33.1 Å². The maximum Gasteiger partial charge on any atom is 0.123 e. The van der Waals surface area contributed by atoms with Crippen LogP contribution in [-0.4, -0.2) is 16.9 Å². The van der Waals surface area contributed by atoms with Crippen LogP contribution in [0.4, 0.5) is 0 Å². The first-order valence-corrected chi connectivity index (χ1v) is 5.44. The van der Waals surface area contributed by atoms with E-state index in [1.54, 1.807) is 0 Å². The topological polar surface area (TPSA) is 12.0 Å². The van der Waals surface area contributed by atoms with Gasteiger partial charge in [-0.2, -0.15) is 0 Å². The van der Waals surface area contributed by atoms with Crippen molar-refractivity contribution >= 4 is 23.2 Å². The van der Waals surface area contributed by atoms with Crippen molar-refractivity contribution in [1.82, 2.24) is 5.32 Å². The van der Waals surface area contributed by atoms with Gasteiger partial charge in [-0.15, -0.1) is 23.2 Å². The van der Waals surface area contributed by atoms with E-state index in [0.717, 1.165) is 13.0 Å². The highest BCUT2D eigenvalue weighted by molar-refractivity contribution is 6.50. The molecule has 1 aliphatic carbocycles. The maximum atomic E-state index is 5.94. The second-order valence-corrected chi connectivity index (χ2v) is 5.21.